The summed E-state index contributed by atoms with van der Waals surface area (Å²) in [5.74, 6) is 1.48. The number of anilines is 1. The Bertz CT molecular complexity index is 808. The van der Waals surface area contributed by atoms with E-state index in [1.54, 1.807) is 12.1 Å². The molecule has 2 rings (SSSR count). The average Bonchev–Trinajstić information content (AvgIpc) is 2.59. The lowest BCUT2D eigenvalue weighted by Crippen LogP contribution is -2.14. The van der Waals surface area contributed by atoms with Gasteiger partial charge in [-0.3, -0.25) is 9.59 Å². The molecule has 0 aliphatic rings. The molecule has 0 aliphatic carbocycles. The molecular formula is C20H22ClNO3S. The largest absolute Gasteiger partial charge is 0.494 e. The zero-order valence-electron chi connectivity index (χ0n) is 15.1. The Balaban J connectivity index is 1.96. The van der Waals surface area contributed by atoms with Crippen LogP contribution in [-0.2, 0) is 10.5 Å². The minimum absolute atomic E-state index is 0.00561. The van der Waals surface area contributed by atoms with Crippen LogP contribution in [0.4, 0.5) is 5.69 Å². The van der Waals surface area contributed by atoms with E-state index in [0.29, 0.717) is 28.6 Å². The van der Waals surface area contributed by atoms with Crippen LogP contribution in [-0.4, -0.2) is 24.1 Å². The number of thioether (sulfide) groups is 1. The topological polar surface area (TPSA) is 55.4 Å². The Labute approximate surface area is 163 Å². The van der Waals surface area contributed by atoms with E-state index in [4.69, 9.17) is 16.3 Å². The van der Waals surface area contributed by atoms with E-state index < -0.39 is 0 Å². The Morgan fingerprint density at radius 1 is 1.19 bits per heavy atom. The van der Waals surface area contributed by atoms with Crippen LogP contribution >= 0.6 is 23.4 Å². The second-order valence-electron chi connectivity index (χ2n) is 5.84. The summed E-state index contributed by atoms with van der Waals surface area (Å²) >= 11 is 7.59. The van der Waals surface area contributed by atoms with Gasteiger partial charge in [-0.25, -0.2) is 0 Å². The van der Waals surface area contributed by atoms with E-state index in [1.807, 2.05) is 38.1 Å². The lowest BCUT2D eigenvalue weighted by atomic mass is 10.1. The summed E-state index contributed by atoms with van der Waals surface area (Å²) in [4.78, 5) is 23.7. The molecule has 0 atom stereocenters. The monoisotopic (exact) mass is 391 g/mol. The third-order valence-electron chi connectivity index (χ3n) is 3.66. The summed E-state index contributed by atoms with van der Waals surface area (Å²) in [6.45, 7) is 5.93. The van der Waals surface area contributed by atoms with E-state index in [2.05, 4.69) is 5.32 Å². The van der Waals surface area contributed by atoms with Gasteiger partial charge in [-0.15, -0.1) is 11.8 Å². The van der Waals surface area contributed by atoms with Crippen LogP contribution < -0.4 is 10.1 Å². The van der Waals surface area contributed by atoms with Gasteiger partial charge in [0.1, 0.15) is 5.75 Å². The van der Waals surface area contributed by atoms with E-state index >= 15 is 0 Å². The zero-order valence-corrected chi connectivity index (χ0v) is 16.7. The zero-order chi connectivity index (χ0) is 19.1. The fourth-order valence-electron chi connectivity index (χ4n) is 2.37. The third kappa shape index (κ3) is 5.78. The molecule has 0 fully saturated rings. The van der Waals surface area contributed by atoms with Gasteiger partial charge in [0.2, 0.25) is 5.91 Å². The number of ketones is 1. The molecule has 2 aromatic rings. The molecule has 0 saturated carbocycles. The van der Waals surface area contributed by atoms with E-state index in [0.717, 1.165) is 16.9 Å². The standard InChI is InChI=1S/C20H22ClNO3S/c1-4-25-19-8-6-15(14(3)23)10-16(19)11-26-12-20(24)22-18-7-5-13(2)9-17(18)21/h5-10H,4,11-12H2,1-3H3,(H,22,24). The molecule has 0 bridgehead atoms. The number of ether oxygens (including phenoxy) is 1. The number of benzene rings is 2. The first-order valence-corrected chi connectivity index (χ1v) is 9.84. The first kappa shape index (κ1) is 20.3. The summed E-state index contributed by atoms with van der Waals surface area (Å²) < 4.78 is 5.61. The van der Waals surface area contributed by atoms with Crippen molar-refractivity contribution >= 4 is 40.7 Å². The lowest BCUT2D eigenvalue weighted by Gasteiger charge is -2.12. The molecule has 0 radical (unpaired) electrons. The van der Waals surface area contributed by atoms with Crippen molar-refractivity contribution in [2.45, 2.75) is 26.5 Å². The van der Waals surface area contributed by atoms with Crippen LogP contribution in [0.1, 0.15) is 35.3 Å². The quantitative estimate of drug-likeness (QED) is 0.634. The summed E-state index contributed by atoms with van der Waals surface area (Å²) in [5.41, 5.74) is 3.19. The Morgan fingerprint density at radius 3 is 2.62 bits per heavy atom. The highest BCUT2D eigenvalue weighted by molar-refractivity contribution is 7.99. The summed E-state index contributed by atoms with van der Waals surface area (Å²) in [6.07, 6.45) is 0. The summed E-state index contributed by atoms with van der Waals surface area (Å²) in [6, 6.07) is 10.9. The minimum Gasteiger partial charge on any atom is -0.494 e. The maximum Gasteiger partial charge on any atom is 0.234 e. The van der Waals surface area contributed by atoms with Crippen molar-refractivity contribution in [1.29, 1.82) is 0 Å². The second-order valence-corrected chi connectivity index (χ2v) is 7.23. The lowest BCUT2D eigenvalue weighted by molar-refractivity contribution is -0.113. The molecule has 0 aromatic heterocycles. The van der Waals surface area contributed by atoms with Gasteiger partial charge in [0.15, 0.2) is 5.78 Å². The highest BCUT2D eigenvalue weighted by atomic mass is 35.5. The predicted molar refractivity (Wildman–Crippen MR) is 109 cm³/mol. The normalized spacial score (nSPS) is 10.5. The van der Waals surface area contributed by atoms with Gasteiger partial charge >= 0.3 is 0 Å². The molecule has 0 heterocycles. The van der Waals surface area contributed by atoms with Crippen molar-refractivity contribution in [3.8, 4) is 5.75 Å². The Morgan fingerprint density at radius 2 is 1.96 bits per heavy atom. The molecule has 0 unspecified atom stereocenters. The van der Waals surface area contributed by atoms with Gasteiger partial charge in [-0.1, -0.05) is 17.7 Å². The molecule has 6 heteroatoms. The molecule has 138 valence electrons. The van der Waals surface area contributed by atoms with Gasteiger partial charge in [0, 0.05) is 16.9 Å². The smallest absolute Gasteiger partial charge is 0.234 e. The number of amides is 1. The average molecular weight is 392 g/mol. The number of nitrogens with one attached hydrogen (secondary N) is 1. The van der Waals surface area contributed by atoms with Crippen molar-refractivity contribution in [3.63, 3.8) is 0 Å². The molecule has 4 nitrogen and oxygen atoms in total. The molecule has 2 aromatic carbocycles. The fourth-order valence-corrected chi connectivity index (χ4v) is 3.46. The fraction of sp³-hybridized carbons (Fsp3) is 0.300. The maximum atomic E-state index is 12.1. The van der Waals surface area contributed by atoms with Crippen LogP contribution in [0.5, 0.6) is 5.75 Å². The highest BCUT2D eigenvalue weighted by Crippen LogP contribution is 2.26. The molecule has 0 spiro atoms. The first-order valence-electron chi connectivity index (χ1n) is 8.31. The van der Waals surface area contributed by atoms with E-state index in [-0.39, 0.29) is 17.4 Å². The molecule has 0 saturated heterocycles. The summed E-state index contributed by atoms with van der Waals surface area (Å²) in [5, 5.41) is 3.34. The van der Waals surface area contributed by atoms with Crippen molar-refractivity contribution < 1.29 is 14.3 Å². The van der Waals surface area contributed by atoms with E-state index in [1.165, 1.54) is 18.7 Å². The SMILES string of the molecule is CCOc1ccc(C(C)=O)cc1CSCC(=O)Nc1ccc(C)cc1Cl. The van der Waals surface area contributed by atoms with Crippen LogP contribution in [0, 0.1) is 6.92 Å². The Kier molecular flexibility index (Phi) is 7.54. The van der Waals surface area contributed by atoms with Crippen LogP contribution in [0.25, 0.3) is 0 Å². The molecule has 1 amide bonds. The highest BCUT2D eigenvalue weighted by Gasteiger charge is 2.10. The number of hydrogen-bond acceptors (Lipinski definition) is 4. The van der Waals surface area contributed by atoms with Gasteiger partial charge < -0.3 is 10.1 Å². The van der Waals surface area contributed by atoms with E-state index in [9.17, 15) is 9.59 Å². The van der Waals surface area contributed by atoms with Gasteiger partial charge in [0.25, 0.3) is 0 Å². The minimum atomic E-state index is -0.124. The number of aryl methyl sites for hydroxylation is 1. The first-order chi connectivity index (χ1) is 12.4. The van der Waals surface area contributed by atoms with Crippen molar-refractivity contribution in [3.05, 3.63) is 58.1 Å². The van der Waals surface area contributed by atoms with Crippen molar-refractivity contribution in [2.24, 2.45) is 0 Å². The summed E-state index contributed by atoms with van der Waals surface area (Å²) in [7, 11) is 0. The van der Waals surface area contributed by atoms with Gasteiger partial charge in [-0.2, -0.15) is 0 Å². The van der Waals surface area contributed by atoms with Gasteiger partial charge in [-0.05, 0) is 56.7 Å². The second kappa shape index (κ2) is 9.64. The Hall–Kier alpha value is -1.98. The van der Waals surface area contributed by atoms with Crippen molar-refractivity contribution in [2.75, 3.05) is 17.7 Å². The maximum absolute atomic E-state index is 12.1. The molecule has 0 aliphatic heterocycles. The van der Waals surface area contributed by atoms with Crippen molar-refractivity contribution in [1.82, 2.24) is 0 Å². The number of halogens is 1. The molecular weight excluding hydrogens is 370 g/mol. The number of carbonyl (C=O) groups is 2. The van der Waals surface area contributed by atoms with Gasteiger partial charge in [0.05, 0.1) is 23.1 Å². The number of hydrogen-bond donors (Lipinski definition) is 1. The number of rotatable bonds is 8. The molecule has 26 heavy (non-hydrogen) atoms. The van der Waals surface area contributed by atoms with Crippen LogP contribution in [0.15, 0.2) is 36.4 Å². The number of carbonyl (C=O) groups excluding carboxylic acids is 2. The number of Topliss-reactive ketones (excluding diaryl/α,β-unsaturated/α-hetero) is 1. The third-order valence-corrected chi connectivity index (χ3v) is 4.95. The molecule has 1 N–H and O–H groups in total. The van der Waals surface area contributed by atoms with Crippen LogP contribution in [0.3, 0.4) is 0 Å². The predicted octanol–water partition coefficient (Wildman–Crippen LogP) is 5.12. The van der Waals surface area contributed by atoms with Crippen LogP contribution in [0.2, 0.25) is 5.02 Å².